The van der Waals surface area contributed by atoms with Gasteiger partial charge in [0.25, 0.3) is 0 Å². The van der Waals surface area contributed by atoms with E-state index in [0.717, 1.165) is 11.8 Å². The Balaban J connectivity index is 2.14. The number of nitriles is 1. The molecule has 0 fully saturated rings. The first kappa shape index (κ1) is 12.9. The van der Waals surface area contributed by atoms with E-state index in [0.29, 0.717) is 28.0 Å². The van der Waals surface area contributed by atoms with Crippen molar-refractivity contribution in [1.29, 1.82) is 5.26 Å². The zero-order chi connectivity index (χ0) is 14.8. The van der Waals surface area contributed by atoms with E-state index in [2.05, 4.69) is 0 Å². The van der Waals surface area contributed by atoms with Crippen LogP contribution < -0.4 is 4.74 Å². The average Bonchev–Trinajstić information content (AvgIpc) is 2.87. The van der Waals surface area contributed by atoms with Crippen LogP contribution in [0.4, 0.5) is 0 Å². The second-order valence-corrected chi connectivity index (χ2v) is 4.63. The van der Waals surface area contributed by atoms with Crippen molar-refractivity contribution in [3.8, 4) is 17.6 Å². The van der Waals surface area contributed by atoms with Gasteiger partial charge < -0.3 is 9.15 Å². The van der Waals surface area contributed by atoms with Crippen molar-refractivity contribution in [3.63, 3.8) is 0 Å². The number of rotatable bonds is 3. The smallest absolute Gasteiger partial charge is 0.247 e. The molecule has 2 aromatic carbocycles. The molecular weight excluding hydrogens is 266 g/mol. The quantitative estimate of drug-likeness (QED) is 0.672. The summed E-state index contributed by atoms with van der Waals surface area (Å²) in [5.41, 5.74) is 1.97. The van der Waals surface area contributed by atoms with Crippen LogP contribution in [0.25, 0.3) is 11.0 Å². The van der Waals surface area contributed by atoms with E-state index in [1.54, 1.807) is 18.2 Å². The lowest BCUT2D eigenvalue weighted by atomic mass is 10.1. The summed E-state index contributed by atoms with van der Waals surface area (Å²) in [6.45, 7) is 1.89. The lowest BCUT2D eigenvalue weighted by molar-refractivity contribution is 0.112. The second-order valence-electron chi connectivity index (χ2n) is 4.63. The molecule has 102 valence electrons. The lowest BCUT2D eigenvalue weighted by Crippen LogP contribution is -1.92. The van der Waals surface area contributed by atoms with Crippen LogP contribution >= 0.6 is 0 Å². The third kappa shape index (κ3) is 2.26. The van der Waals surface area contributed by atoms with Gasteiger partial charge in [-0.2, -0.15) is 5.26 Å². The second kappa shape index (κ2) is 5.14. The summed E-state index contributed by atoms with van der Waals surface area (Å²) in [5.74, 6) is 0.826. The Morgan fingerprint density at radius 1 is 1.24 bits per heavy atom. The van der Waals surface area contributed by atoms with Gasteiger partial charge in [-0.05, 0) is 31.2 Å². The SMILES string of the molecule is Cc1ccc(Oc2c(C#N)oc3ccccc23)c(C=O)c1. The van der Waals surface area contributed by atoms with E-state index >= 15 is 0 Å². The molecule has 0 aliphatic heterocycles. The van der Waals surface area contributed by atoms with Gasteiger partial charge in [-0.1, -0.05) is 23.8 Å². The molecule has 1 aromatic heterocycles. The van der Waals surface area contributed by atoms with Crippen molar-refractivity contribution in [1.82, 2.24) is 0 Å². The van der Waals surface area contributed by atoms with E-state index in [1.807, 2.05) is 37.3 Å². The number of carbonyl (C=O) groups is 1. The highest BCUT2D eigenvalue weighted by Crippen LogP contribution is 2.36. The minimum absolute atomic E-state index is 0.0913. The predicted molar refractivity (Wildman–Crippen MR) is 77.6 cm³/mol. The standard InChI is InChI=1S/C17H11NO3/c1-11-6-7-14(12(8-11)10-19)21-17-13-4-2-3-5-15(13)20-16(17)9-18/h2-8,10H,1H3. The van der Waals surface area contributed by atoms with Crippen molar-refractivity contribution in [2.75, 3.05) is 0 Å². The van der Waals surface area contributed by atoms with Crippen LogP contribution in [0.15, 0.2) is 46.9 Å². The van der Waals surface area contributed by atoms with Gasteiger partial charge in [0.15, 0.2) is 12.0 Å². The molecule has 0 N–H and O–H groups in total. The molecule has 0 unspecified atom stereocenters. The van der Waals surface area contributed by atoms with Crippen LogP contribution in [0.3, 0.4) is 0 Å². The van der Waals surface area contributed by atoms with E-state index in [9.17, 15) is 10.1 Å². The van der Waals surface area contributed by atoms with Crippen LogP contribution in [0.2, 0.25) is 0 Å². The molecule has 1 heterocycles. The third-order valence-electron chi connectivity index (χ3n) is 3.16. The highest BCUT2D eigenvalue weighted by atomic mass is 16.5. The first-order valence-electron chi connectivity index (χ1n) is 6.38. The third-order valence-corrected chi connectivity index (χ3v) is 3.16. The number of hydrogen-bond acceptors (Lipinski definition) is 4. The van der Waals surface area contributed by atoms with Crippen molar-refractivity contribution in [2.24, 2.45) is 0 Å². The number of fused-ring (bicyclic) bond motifs is 1. The number of benzene rings is 2. The van der Waals surface area contributed by atoms with Crippen LogP contribution in [-0.2, 0) is 0 Å². The fourth-order valence-corrected chi connectivity index (χ4v) is 2.16. The summed E-state index contributed by atoms with van der Waals surface area (Å²) in [4.78, 5) is 11.2. The van der Waals surface area contributed by atoms with Crippen molar-refractivity contribution >= 4 is 17.3 Å². The van der Waals surface area contributed by atoms with E-state index in [-0.39, 0.29) is 5.76 Å². The molecular formula is C17H11NO3. The molecule has 4 nitrogen and oxygen atoms in total. The number of aryl methyl sites for hydroxylation is 1. The van der Waals surface area contributed by atoms with Gasteiger partial charge in [-0.25, -0.2) is 0 Å². The zero-order valence-electron chi connectivity index (χ0n) is 11.3. The topological polar surface area (TPSA) is 63.2 Å². The number of hydrogen-bond donors (Lipinski definition) is 0. The van der Waals surface area contributed by atoms with Crippen molar-refractivity contribution in [3.05, 3.63) is 59.4 Å². The molecule has 0 atom stereocenters. The molecule has 3 aromatic rings. The van der Waals surface area contributed by atoms with E-state index < -0.39 is 0 Å². The summed E-state index contributed by atoms with van der Waals surface area (Å²) in [6, 6.07) is 14.5. The molecule has 0 bridgehead atoms. The van der Waals surface area contributed by atoms with Gasteiger partial charge in [0.2, 0.25) is 5.76 Å². The average molecular weight is 277 g/mol. The Kier molecular flexibility index (Phi) is 3.17. The largest absolute Gasteiger partial charge is 0.451 e. The number of nitrogens with zero attached hydrogens (tertiary/aromatic N) is 1. The Bertz CT molecular complexity index is 871. The van der Waals surface area contributed by atoms with Crippen LogP contribution in [0, 0.1) is 18.3 Å². The molecule has 4 heteroatoms. The summed E-state index contributed by atoms with van der Waals surface area (Å²) in [6.07, 6.45) is 0.733. The van der Waals surface area contributed by atoms with Gasteiger partial charge in [0.05, 0.1) is 10.9 Å². The van der Waals surface area contributed by atoms with Gasteiger partial charge in [-0.3, -0.25) is 4.79 Å². The minimum Gasteiger partial charge on any atom is -0.451 e. The molecule has 3 rings (SSSR count). The predicted octanol–water partition coefficient (Wildman–Crippen LogP) is 4.22. The molecule has 0 radical (unpaired) electrons. The van der Waals surface area contributed by atoms with Gasteiger partial charge in [-0.15, -0.1) is 0 Å². The molecule has 0 aliphatic rings. The first-order valence-corrected chi connectivity index (χ1v) is 6.38. The highest BCUT2D eigenvalue weighted by molar-refractivity contribution is 5.87. The summed E-state index contributed by atoms with van der Waals surface area (Å²) in [7, 11) is 0. The lowest BCUT2D eigenvalue weighted by Gasteiger charge is -2.07. The van der Waals surface area contributed by atoms with Crippen LogP contribution in [-0.4, -0.2) is 6.29 Å². The highest BCUT2D eigenvalue weighted by Gasteiger charge is 2.17. The van der Waals surface area contributed by atoms with Gasteiger partial charge >= 0.3 is 0 Å². The van der Waals surface area contributed by atoms with Gasteiger partial charge in [0.1, 0.15) is 17.4 Å². The minimum atomic E-state index is 0.0913. The maximum Gasteiger partial charge on any atom is 0.247 e. The van der Waals surface area contributed by atoms with E-state index in [1.165, 1.54) is 0 Å². The Morgan fingerprint density at radius 2 is 2.05 bits per heavy atom. The zero-order valence-corrected chi connectivity index (χ0v) is 11.3. The van der Waals surface area contributed by atoms with Crippen molar-refractivity contribution < 1.29 is 13.9 Å². The fraction of sp³-hybridized carbons (Fsp3) is 0.0588. The molecule has 0 spiro atoms. The molecule has 0 saturated carbocycles. The maximum atomic E-state index is 11.2. The number of aldehydes is 1. The van der Waals surface area contributed by atoms with E-state index in [4.69, 9.17) is 9.15 Å². The molecule has 0 saturated heterocycles. The van der Waals surface area contributed by atoms with Crippen LogP contribution in [0.5, 0.6) is 11.5 Å². The number of para-hydroxylation sites is 1. The summed E-state index contributed by atoms with van der Waals surface area (Å²) < 4.78 is 11.2. The number of carbonyl (C=O) groups excluding carboxylic acids is 1. The molecule has 0 aliphatic carbocycles. The monoisotopic (exact) mass is 277 g/mol. The van der Waals surface area contributed by atoms with Gasteiger partial charge in [0, 0.05) is 0 Å². The Labute approximate surface area is 121 Å². The Hall–Kier alpha value is -3.06. The Morgan fingerprint density at radius 3 is 2.81 bits per heavy atom. The number of furan rings is 1. The normalized spacial score (nSPS) is 10.3. The fourth-order valence-electron chi connectivity index (χ4n) is 2.16. The molecule has 21 heavy (non-hydrogen) atoms. The first-order chi connectivity index (χ1) is 10.2. The summed E-state index contributed by atoms with van der Waals surface area (Å²) >= 11 is 0. The number of ether oxygens (including phenoxy) is 1. The maximum absolute atomic E-state index is 11.2. The molecule has 0 amide bonds. The summed E-state index contributed by atoms with van der Waals surface area (Å²) in [5, 5.41) is 9.88. The van der Waals surface area contributed by atoms with Crippen molar-refractivity contribution in [2.45, 2.75) is 6.92 Å². The van der Waals surface area contributed by atoms with Crippen LogP contribution in [0.1, 0.15) is 21.7 Å².